The van der Waals surface area contributed by atoms with Crippen molar-refractivity contribution in [2.24, 2.45) is 5.73 Å². The highest BCUT2D eigenvalue weighted by atomic mass is 32.2. The lowest BCUT2D eigenvalue weighted by atomic mass is 10.3. The fourth-order valence-corrected chi connectivity index (χ4v) is 3.27. The summed E-state index contributed by atoms with van der Waals surface area (Å²) in [5.74, 6) is -0.152. The Morgan fingerprint density at radius 2 is 1.94 bits per heavy atom. The first-order valence-corrected chi connectivity index (χ1v) is 6.92. The third-order valence-corrected chi connectivity index (χ3v) is 4.28. The number of hydrogen-bond donors (Lipinski definition) is 2. The molecule has 4 heteroatoms. The molecule has 1 aliphatic rings. The second-order valence-corrected chi connectivity index (χ2v) is 5.67. The second kappa shape index (κ2) is 6.07. The molecule has 0 radical (unpaired) electrons. The third-order valence-electron chi connectivity index (χ3n) is 2.93. The lowest BCUT2D eigenvalue weighted by molar-refractivity contribution is -0.114. The van der Waals surface area contributed by atoms with Gasteiger partial charge in [0, 0.05) is 15.8 Å². The van der Waals surface area contributed by atoms with Crippen LogP contribution in [-0.2, 0) is 4.79 Å². The van der Waals surface area contributed by atoms with Gasteiger partial charge < -0.3 is 11.1 Å². The smallest absolute Gasteiger partial charge is 0.238 e. The van der Waals surface area contributed by atoms with Gasteiger partial charge in [0.1, 0.15) is 0 Å². The molecule has 0 aromatic heterocycles. The summed E-state index contributed by atoms with van der Waals surface area (Å²) in [6.45, 7) is 0.0264. The molecule has 1 aromatic rings. The van der Waals surface area contributed by atoms with E-state index in [-0.39, 0.29) is 12.5 Å². The lowest BCUT2D eigenvalue weighted by Crippen LogP contribution is -2.21. The van der Waals surface area contributed by atoms with Crippen molar-refractivity contribution < 1.29 is 4.79 Å². The second-order valence-electron chi connectivity index (χ2n) is 4.30. The normalized spacial score (nSPS) is 16.1. The zero-order chi connectivity index (χ0) is 12.1. The molecule has 0 saturated heterocycles. The zero-order valence-electron chi connectivity index (χ0n) is 9.82. The van der Waals surface area contributed by atoms with Crippen LogP contribution in [0.25, 0.3) is 0 Å². The van der Waals surface area contributed by atoms with Gasteiger partial charge in [-0.1, -0.05) is 12.8 Å². The molecule has 2 rings (SSSR count). The summed E-state index contributed by atoms with van der Waals surface area (Å²) in [4.78, 5) is 12.4. The average Bonchev–Trinajstić information content (AvgIpc) is 2.84. The highest BCUT2D eigenvalue weighted by Gasteiger charge is 2.15. The van der Waals surface area contributed by atoms with Crippen LogP contribution in [-0.4, -0.2) is 17.7 Å². The average molecular weight is 250 g/mol. The molecule has 0 spiro atoms. The molecule has 0 bridgehead atoms. The summed E-state index contributed by atoms with van der Waals surface area (Å²) in [6, 6.07) is 8.00. The topological polar surface area (TPSA) is 55.1 Å². The van der Waals surface area contributed by atoms with Crippen molar-refractivity contribution >= 4 is 23.4 Å². The van der Waals surface area contributed by atoms with Crippen LogP contribution in [0.1, 0.15) is 25.7 Å². The molecule has 3 N–H and O–H groups in total. The Kier molecular flexibility index (Phi) is 4.45. The van der Waals surface area contributed by atoms with E-state index in [0.29, 0.717) is 0 Å². The van der Waals surface area contributed by atoms with E-state index >= 15 is 0 Å². The van der Waals surface area contributed by atoms with Crippen LogP contribution >= 0.6 is 11.8 Å². The Morgan fingerprint density at radius 3 is 2.53 bits per heavy atom. The van der Waals surface area contributed by atoms with Crippen LogP contribution in [0.15, 0.2) is 29.2 Å². The summed E-state index contributed by atoms with van der Waals surface area (Å²) in [5, 5.41) is 3.52. The summed E-state index contributed by atoms with van der Waals surface area (Å²) >= 11 is 1.95. The Balaban J connectivity index is 1.90. The Hall–Kier alpha value is -1.00. The number of hydrogen-bond acceptors (Lipinski definition) is 3. The number of carbonyl (C=O) groups is 1. The molecule has 0 heterocycles. The van der Waals surface area contributed by atoms with Crippen molar-refractivity contribution in [3.63, 3.8) is 0 Å². The quantitative estimate of drug-likeness (QED) is 0.863. The fraction of sp³-hybridized carbons (Fsp3) is 0.462. The van der Waals surface area contributed by atoms with Crippen LogP contribution in [0.3, 0.4) is 0 Å². The van der Waals surface area contributed by atoms with E-state index in [2.05, 4.69) is 17.4 Å². The predicted molar refractivity (Wildman–Crippen MR) is 72.2 cm³/mol. The molecular weight excluding hydrogens is 232 g/mol. The van der Waals surface area contributed by atoms with Crippen molar-refractivity contribution in [3.8, 4) is 0 Å². The predicted octanol–water partition coefficient (Wildman–Crippen LogP) is 2.62. The Labute approximate surface area is 106 Å². The van der Waals surface area contributed by atoms with E-state index in [1.165, 1.54) is 30.6 Å². The molecule has 1 aliphatic carbocycles. The number of benzene rings is 1. The molecule has 0 aliphatic heterocycles. The van der Waals surface area contributed by atoms with E-state index in [1.54, 1.807) is 0 Å². The van der Waals surface area contributed by atoms with E-state index < -0.39 is 0 Å². The van der Waals surface area contributed by atoms with Crippen LogP contribution in [0.2, 0.25) is 0 Å². The Morgan fingerprint density at radius 1 is 1.29 bits per heavy atom. The van der Waals surface area contributed by atoms with Gasteiger partial charge in [-0.2, -0.15) is 0 Å². The largest absolute Gasteiger partial charge is 0.325 e. The molecule has 92 valence electrons. The molecule has 0 unspecified atom stereocenters. The number of nitrogens with two attached hydrogens (primary N) is 1. The van der Waals surface area contributed by atoms with Gasteiger partial charge in [-0.3, -0.25) is 4.79 Å². The summed E-state index contributed by atoms with van der Waals surface area (Å²) in [5.41, 5.74) is 6.06. The number of rotatable bonds is 4. The highest BCUT2D eigenvalue weighted by molar-refractivity contribution is 8.00. The fourth-order valence-electron chi connectivity index (χ4n) is 2.03. The SMILES string of the molecule is NCC(=O)Nc1ccc(SC2CCCC2)cc1. The minimum atomic E-state index is -0.152. The van der Waals surface area contributed by atoms with Gasteiger partial charge in [0.25, 0.3) is 0 Å². The first-order valence-electron chi connectivity index (χ1n) is 6.04. The third kappa shape index (κ3) is 3.75. The number of anilines is 1. The van der Waals surface area contributed by atoms with Crippen molar-refractivity contribution in [1.82, 2.24) is 0 Å². The van der Waals surface area contributed by atoms with Crippen LogP contribution in [0, 0.1) is 0 Å². The molecule has 1 fully saturated rings. The van der Waals surface area contributed by atoms with Crippen LogP contribution < -0.4 is 11.1 Å². The molecule has 1 saturated carbocycles. The maximum Gasteiger partial charge on any atom is 0.238 e. The minimum Gasteiger partial charge on any atom is -0.325 e. The minimum absolute atomic E-state index is 0.0264. The molecular formula is C13H18N2OS. The molecule has 3 nitrogen and oxygen atoms in total. The maximum atomic E-state index is 11.1. The molecule has 17 heavy (non-hydrogen) atoms. The van der Waals surface area contributed by atoms with Gasteiger partial charge in [-0.15, -0.1) is 11.8 Å². The number of nitrogens with one attached hydrogen (secondary N) is 1. The molecule has 1 aromatic carbocycles. The number of carbonyl (C=O) groups excluding carboxylic acids is 1. The van der Waals surface area contributed by atoms with Gasteiger partial charge >= 0.3 is 0 Å². The first kappa shape index (κ1) is 12.5. The van der Waals surface area contributed by atoms with E-state index in [1.807, 2.05) is 23.9 Å². The maximum absolute atomic E-state index is 11.1. The molecule has 1 amide bonds. The van der Waals surface area contributed by atoms with E-state index in [9.17, 15) is 4.79 Å². The van der Waals surface area contributed by atoms with Gasteiger partial charge in [0.2, 0.25) is 5.91 Å². The van der Waals surface area contributed by atoms with E-state index in [0.717, 1.165) is 10.9 Å². The first-order chi connectivity index (χ1) is 8.28. The van der Waals surface area contributed by atoms with Gasteiger partial charge in [-0.25, -0.2) is 0 Å². The summed E-state index contributed by atoms with van der Waals surface area (Å²) in [6.07, 6.45) is 5.39. The highest BCUT2D eigenvalue weighted by Crippen LogP contribution is 2.34. The van der Waals surface area contributed by atoms with Gasteiger partial charge in [0.15, 0.2) is 0 Å². The number of thioether (sulfide) groups is 1. The van der Waals surface area contributed by atoms with Crippen molar-refractivity contribution in [2.75, 3.05) is 11.9 Å². The Bertz CT molecular complexity index is 372. The zero-order valence-corrected chi connectivity index (χ0v) is 10.6. The summed E-state index contributed by atoms with van der Waals surface area (Å²) in [7, 11) is 0. The monoisotopic (exact) mass is 250 g/mol. The van der Waals surface area contributed by atoms with E-state index in [4.69, 9.17) is 5.73 Å². The van der Waals surface area contributed by atoms with Gasteiger partial charge in [0.05, 0.1) is 6.54 Å². The van der Waals surface area contributed by atoms with Crippen molar-refractivity contribution in [2.45, 2.75) is 35.8 Å². The lowest BCUT2D eigenvalue weighted by Gasteiger charge is -2.09. The van der Waals surface area contributed by atoms with Crippen LogP contribution in [0.4, 0.5) is 5.69 Å². The van der Waals surface area contributed by atoms with Gasteiger partial charge in [-0.05, 0) is 37.1 Å². The standard InChI is InChI=1S/C13H18N2OS/c14-9-13(16)15-10-5-7-12(8-6-10)17-11-3-1-2-4-11/h5-8,11H,1-4,9,14H2,(H,15,16). The molecule has 0 atom stereocenters. The number of amides is 1. The van der Waals surface area contributed by atoms with Crippen molar-refractivity contribution in [1.29, 1.82) is 0 Å². The van der Waals surface area contributed by atoms with Crippen molar-refractivity contribution in [3.05, 3.63) is 24.3 Å². The summed E-state index contributed by atoms with van der Waals surface area (Å²) < 4.78 is 0. The van der Waals surface area contributed by atoms with Crippen LogP contribution in [0.5, 0.6) is 0 Å².